The van der Waals surface area contributed by atoms with Gasteiger partial charge in [-0.05, 0) is 25.7 Å². The minimum absolute atomic E-state index is 0.0917. The highest BCUT2D eigenvalue weighted by atomic mass is 16.5. The summed E-state index contributed by atoms with van der Waals surface area (Å²) in [4.78, 5) is 13.8. The van der Waals surface area contributed by atoms with Crippen molar-refractivity contribution in [3.63, 3.8) is 0 Å². The van der Waals surface area contributed by atoms with Crippen molar-refractivity contribution in [1.82, 2.24) is 4.90 Å². The molecule has 2 fully saturated rings. The Morgan fingerprint density at radius 2 is 2.00 bits per heavy atom. The smallest absolute Gasteiger partial charge is 0.127 e. The Balaban J connectivity index is 1.76. The molecule has 0 aromatic heterocycles. The molecular formula is C14H25NO4. The van der Waals surface area contributed by atoms with Crippen LogP contribution in [-0.4, -0.2) is 68.5 Å². The third kappa shape index (κ3) is 4.24. The first-order valence-corrected chi connectivity index (χ1v) is 7.27. The number of piperidine rings is 1. The van der Waals surface area contributed by atoms with E-state index in [0.29, 0.717) is 19.8 Å². The molecule has 0 bridgehead atoms. The standard InChI is InChI=1S/C14H25NO4/c16-7-10-19-13-1-5-15(6-2-13)11-14(12-17)3-8-18-9-4-14/h12-13,16H,1-11H2. The zero-order chi connectivity index (χ0) is 13.6. The molecule has 1 N–H and O–H groups in total. The lowest BCUT2D eigenvalue weighted by Crippen LogP contribution is -2.46. The number of carbonyl (C=O) groups is 1. The molecule has 5 nitrogen and oxygen atoms in total. The number of likely N-dealkylation sites (tertiary alicyclic amines) is 1. The molecule has 0 amide bonds. The number of hydrogen-bond donors (Lipinski definition) is 1. The molecule has 0 unspecified atom stereocenters. The summed E-state index contributed by atoms with van der Waals surface area (Å²) >= 11 is 0. The predicted octanol–water partition coefficient (Wildman–Crippen LogP) is 0.455. The van der Waals surface area contributed by atoms with Crippen LogP contribution < -0.4 is 0 Å². The lowest BCUT2D eigenvalue weighted by Gasteiger charge is -2.39. The second-order valence-corrected chi connectivity index (χ2v) is 5.66. The fourth-order valence-corrected chi connectivity index (χ4v) is 2.99. The highest BCUT2D eigenvalue weighted by Crippen LogP contribution is 2.30. The number of ether oxygens (including phenoxy) is 2. The fraction of sp³-hybridized carbons (Fsp3) is 0.929. The van der Waals surface area contributed by atoms with E-state index in [-0.39, 0.29) is 18.1 Å². The SMILES string of the molecule is O=CC1(CN2CCC(OCCO)CC2)CCOCC1. The van der Waals surface area contributed by atoms with E-state index in [0.717, 1.165) is 51.6 Å². The van der Waals surface area contributed by atoms with Gasteiger partial charge in [-0.1, -0.05) is 0 Å². The Kier molecular flexibility index (Phi) is 5.76. The average molecular weight is 271 g/mol. The number of aldehydes is 1. The second kappa shape index (κ2) is 7.33. The average Bonchev–Trinajstić information content (AvgIpc) is 2.47. The largest absolute Gasteiger partial charge is 0.394 e. The van der Waals surface area contributed by atoms with Gasteiger partial charge in [-0.15, -0.1) is 0 Å². The zero-order valence-corrected chi connectivity index (χ0v) is 11.6. The Bertz CT molecular complexity index is 271. The van der Waals surface area contributed by atoms with Gasteiger partial charge < -0.3 is 24.3 Å². The molecular weight excluding hydrogens is 246 g/mol. The normalized spacial score (nSPS) is 25.3. The minimum Gasteiger partial charge on any atom is -0.394 e. The first kappa shape index (κ1) is 14.9. The molecule has 0 saturated carbocycles. The molecule has 0 atom stereocenters. The van der Waals surface area contributed by atoms with Crippen molar-refractivity contribution < 1.29 is 19.4 Å². The van der Waals surface area contributed by atoms with E-state index in [1.807, 2.05) is 0 Å². The fourth-order valence-electron chi connectivity index (χ4n) is 2.99. The first-order valence-electron chi connectivity index (χ1n) is 7.27. The number of carbonyl (C=O) groups excluding carboxylic acids is 1. The number of aliphatic hydroxyl groups is 1. The summed E-state index contributed by atoms with van der Waals surface area (Å²) in [7, 11) is 0. The molecule has 110 valence electrons. The molecule has 0 spiro atoms. The van der Waals surface area contributed by atoms with E-state index < -0.39 is 0 Å². The maximum atomic E-state index is 11.4. The quantitative estimate of drug-likeness (QED) is 0.711. The molecule has 19 heavy (non-hydrogen) atoms. The summed E-state index contributed by atoms with van der Waals surface area (Å²) < 4.78 is 10.9. The van der Waals surface area contributed by atoms with Crippen LogP contribution in [0.1, 0.15) is 25.7 Å². The number of hydrogen-bond acceptors (Lipinski definition) is 5. The van der Waals surface area contributed by atoms with Crippen molar-refractivity contribution in [1.29, 1.82) is 0 Å². The Labute approximate surface area is 114 Å². The van der Waals surface area contributed by atoms with Crippen molar-refractivity contribution in [2.75, 3.05) is 46.1 Å². The van der Waals surface area contributed by atoms with Gasteiger partial charge in [-0.2, -0.15) is 0 Å². The Morgan fingerprint density at radius 3 is 2.58 bits per heavy atom. The first-order chi connectivity index (χ1) is 9.28. The van der Waals surface area contributed by atoms with E-state index in [2.05, 4.69) is 4.90 Å². The van der Waals surface area contributed by atoms with Gasteiger partial charge in [0.25, 0.3) is 0 Å². The molecule has 0 aromatic carbocycles. The van der Waals surface area contributed by atoms with Gasteiger partial charge >= 0.3 is 0 Å². The lowest BCUT2D eigenvalue weighted by atomic mass is 9.81. The van der Waals surface area contributed by atoms with Crippen molar-refractivity contribution >= 4 is 6.29 Å². The lowest BCUT2D eigenvalue weighted by molar-refractivity contribution is -0.123. The van der Waals surface area contributed by atoms with E-state index in [1.54, 1.807) is 0 Å². The highest BCUT2D eigenvalue weighted by Gasteiger charge is 2.35. The third-order valence-electron chi connectivity index (χ3n) is 4.26. The molecule has 0 aliphatic carbocycles. The van der Waals surface area contributed by atoms with Crippen molar-refractivity contribution in [2.24, 2.45) is 5.41 Å². The van der Waals surface area contributed by atoms with Crippen LogP contribution in [0.5, 0.6) is 0 Å². The minimum atomic E-state index is -0.197. The molecule has 2 aliphatic heterocycles. The van der Waals surface area contributed by atoms with Gasteiger partial charge in [0, 0.05) is 38.3 Å². The van der Waals surface area contributed by atoms with Crippen molar-refractivity contribution in [3.05, 3.63) is 0 Å². The summed E-state index contributed by atoms with van der Waals surface area (Å²) in [6, 6.07) is 0. The summed E-state index contributed by atoms with van der Waals surface area (Å²) in [6.07, 6.45) is 5.08. The van der Waals surface area contributed by atoms with Gasteiger partial charge in [-0.3, -0.25) is 0 Å². The van der Waals surface area contributed by atoms with Crippen LogP contribution in [0.25, 0.3) is 0 Å². The molecule has 2 aliphatic rings. The van der Waals surface area contributed by atoms with Crippen LogP contribution in [0.2, 0.25) is 0 Å². The molecule has 0 radical (unpaired) electrons. The zero-order valence-electron chi connectivity index (χ0n) is 11.6. The van der Waals surface area contributed by atoms with Crippen LogP contribution in [0.3, 0.4) is 0 Å². The molecule has 2 rings (SSSR count). The number of aliphatic hydroxyl groups excluding tert-OH is 1. The molecule has 2 heterocycles. The van der Waals surface area contributed by atoms with Crippen LogP contribution in [0.4, 0.5) is 0 Å². The van der Waals surface area contributed by atoms with E-state index in [4.69, 9.17) is 14.6 Å². The summed E-state index contributed by atoms with van der Waals surface area (Å²) in [5.74, 6) is 0. The van der Waals surface area contributed by atoms with Crippen molar-refractivity contribution in [2.45, 2.75) is 31.8 Å². The number of nitrogens with zero attached hydrogens (tertiary/aromatic N) is 1. The summed E-state index contributed by atoms with van der Waals surface area (Å²) in [6.45, 7) is 4.74. The van der Waals surface area contributed by atoms with Gasteiger partial charge in [0.15, 0.2) is 0 Å². The number of rotatable bonds is 6. The summed E-state index contributed by atoms with van der Waals surface area (Å²) in [5.41, 5.74) is -0.197. The Hall–Kier alpha value is -0.490. The van der Waals surface area contributed by atoms with Crippen LogP contribution in [-0.2, 0) is 14.3 Å². The highest BCUT2D eigenvalue weighted by molar-refractivity contribution is 5.60. The van der Waals surface area contributed by atoms with Gasteiger partial charge in [0.1, 0.15) is 6.29 Å². The maximum absolute atomic E-state index is 11.4. The molecule has 0 aromatic rings. The summed E-state index contributed by atoms with van der Waals surface area (Å²) in [5, 5.41) is 8.74. The van der Waals surface area contributed by atoms with Crippen LogP contribution >= 0.6 is 0 Å². The van der Waals surface area contributed by atoms with Crippen molar-refractivity contribution in [3.8, 4) is 0 Å². The van der Waals surface area contributed by atoms with E-state index in [1.165, 1.54) is 0 Å². The topological polar surface area (TPSA) is 59.0 Å². The second-order valence-electron chi connectivity index (χ2n) is 5.66. The van der Waals surface area contributed by atoms with E-state index >= 15 is 0 Å². The van der Waals surface area contributed by atoms with Gasteiger partial charge in [0.2, 0.25) is 0 Å². The predicted molar refractivity (Wildman–Crippen MR) is 71.0 cm³/mol. The third-order valence-corrected chi connectivity index (χ3v) is 4.26. The van der Waals surface area contributed by atoms with Crippen LogP contribution in [0.15, 0.2) is 0 Å². The van der Waals surface area contributed by atoms with E-state index in [9.17, 15) is 4.79 Å². The molecule has 5 heteroatoms. The maximum Gasteiger partial charge on any atom is 0.127 e. The van der Waals surface area contributed by atoms with Gasteiger partial charge in [-0.25, -0.2) is 0 Å². The Morgan fingerprint density at radius 1 is 1.32 bits per heavy atom. The van der Waals surface area contributed by atoms with Gasteiger partial charge in [0.05, 0.1) is 19.3 Å². The molecule has 2 saturated heterocycles. The van der Waals surface area contributed by atoms with Crippen LogP contribution in [0, 0.1) is 5.41 Å². The monoisotopic (exact) mass is 271 g/mol.